The number of hydrogen-bond acceptors (Lipinski definition) is 4. The molecule has 0 spiro atoms. The first-order chi connectivity index (χ1) is 13.6. The molecule has 4 aromatic rings. The SMILES string of the molecule is O=S(=O)(c1ccc2ncccc2c1)N1CCC(c2cc3[nH]ccc3cn2)CC1. The molecule has 0 atom stereocenters. The number of rotatable bonds is 3. The van der Waals surface area contributed by atoms with E-state index in [9.17, 15) is 8.42 Å². The fourth-order valence-electron chi connectivity index (χ4n) is 3.94. The Balaban J connectivity index is 1.36. The van der Waals surface area contributed by atoms with Gasteiger partial charge in [0.15, 0.2) is 0 Å². The largest absolute Gasteiger partial charge is 0.361 e. The summed E-state index contributed by atoms with van der Waals surface area (Å²) in [4.78, 5) is 12.4. The maximum atomic E-state index is 13.1. The molecule has 0 saturated carbocycles. The van der Waals surface area contributed by atoms with Crippen LogP contribution in [0.5, 0.6) is 0 Å². The number of pyridine rings is 2. The van der Waals surface area contributed by atoms with Crippen LogP contribution in [0.4, 0.5) is 0 Å². The molecule has 142 valence electrons. The zero-order valence-corrected chi connectivity index (χ0v) is 16.1. The molecule has 4 heterocycles. The Bertz CT molecular complexity index is 1260. The van der Waals surface area contributed by atoms with E-state index in [2.05, 4.69) is 21.0 Å². The molecule has 0 radical (unpaired) electrons. The highest BCUT2D eigenvalue weighted by Crippen LogP contribution is 2.31. The fraction of sp³-hybridized carbons (Fsp3) is 0.238. The van der Waals surface area contributed by atoms with Crippen LogP contribution in [0.1, 0.15) is 24.5 Å². The maximum Gasteiger partial charge on any atom is 0.243 e. The Morgan fingerprint density at radius 1 is 1.00 bits per heavy atom. The summed E-state index contributed by atoms with van der Waals surface area (Å²) >= 11 is 0. The van der Waals surface area contributed by atoms with Crippen LogP contribution in [0, 0.1) is 0 Å². The third-order valence-electron chi connectivity index (χ3n) is 5.54. The summed E-state index contributed by atoms with van der Waals surface area (Å²) in [5, 5.41) is 1.93. The summed E-state index contributed by atoms with van der Waals surface area (Å²) in [6.45, 7) is 1.01. The minimum absolute atomic E-state index is 0.278. The molecular formula is C21H20N4O2S. The highest BCUT2D eigenvalue weighted by molar-refractivity contribution is 7.89. The number of nitrogens with one attached hydrogen (secondary N) is 1. The van der Waals surface area contributed by atoms with Crippen molar-refractivity contribution in [2.75, 3.05) is 13.1 Å². The smallest absolute Gasteiger partial charge is 0.243 e. The summed E-state index contributed by atoms with van der Waals surface area (Å²) in [5.41, 5.74) is 2.90. The van der Waals surface area contributed by atoms with Crippen molar-refractivity contribution in [3.05, 3.63) is 66.7 Å². The molecule has 5 rings (SSSR count). The molecule has 1 aliphatic rings. The topological polar surface area (TPSA) is 79.0 Å². The van der Waals surface area contributed by atoms with Gasteiger partial charge in [-0.25, -0.2) is 8.42 Å². The van der Waals surface area contributed by atoms with Crippen LogP contribution in [0.2, 0.25) is 0 Å². The minimum atomic E-state index is -3.51. The molecule has 0 amide bonds. The lowest BCUT2D eigenvalue weighted by molar-refractivity contribution is 0.317. The number of piperidine rings is 1. The van der Waals surface area contributed by atoms with Crippen LogP contribution in [0.25, 0.3) is 21.8 Å². The van der Waals surface area contributed by atoms with Crippen molar-refractivity contribution in [1.29, 1.82) is 0 Å². The van der Waals surface area contributed by atoms with Gasteiger partial charge in [-0.2, -0.15) is 4.31 Å². The van der Waals surface area contributed by atoms with Crippen LogP contribution in [-0.2, 0) is 10.0 Å². The number of fused-ring (bicyclic) bond motifs is 2. The van der Waals surface area contributed by atoms with E-state index in [0.717, 1.165) is 40.3 Å². The molecule has 1 fully saturated rings. The lowest BCUT2D eigenvalue weighted by Gasteiger charge is -2.31. The van der Waals surface area contributed by atoms with Gasteiger partial charge in [-0.05, 0) is 49.2 Å². The molecule has 1 aliphatic heterocycles. The van der Waals surface area contributed by atoms with Gasteiger partial charge in [0.25, 0.3) is 0 Å². The third kappa shape index (κ3) is 2.96. The first kappa shape index (κ1) is 17.3. The first-order valence-corrected chi connectivity index (χ1v) is 10.8. The highest BCUT2D eigenvalue weighted by Gasteiger charge is 2.30. The van der Waals surface area contributed by atoms with Crippen molar-refractivity contribution in [3.8, 4) is 0 Å². The van der Waals surface area contributed by atoms with Crippen molar-refractivity contribution in [3.63, 3.8) is 0 Å². The average molecular weight is 392 g/mol. The van der Waals surface area contributed by atoms with E-state index in [0.29, 0.717) is 18.0 Å². The van der Waals surface area contributed by atoms with Gasteiger partial charge in [0.1, 0.15) is 0 Å². The van der Waals surface area contributed by atoms with Crippen molar-refractivity contribution >= 4 is 31.8 Å². The number of aromatic amines is 1. The van der Waals surface area contributed by atoms with Gasteiger partial charge in [0, 0.05) is 59.6 Å². The summed E-state index contributed by atoms with van der Waals surface area (Å²) in [7, 11) is -3.51. The maximum absolute atomic E-state index is 13.1. The van der Waals surface area contributed by atoms with Gasteiger partial charge in [0.05, 0.1) is 10.4 Å². The van der Waals surface area contributed by atoms with Crippen molar-refractivity contribution < 1.29 is 8.42 Å². The second-order valence-electron chi connectivity index (χ2n) is 7.21. The molecule has 0 unspecified atom stereocenters. The predicted octanol–water partition coefficient (Wildman–Crippen LogP) is 3.68. The van der Waals surface area contributed by atoms with E-state index in [-0.39, 0.29) is 5.92 Å². The lowest BCUT2D eigenvalue weighted by Crippen LogP contribution is -2.38. The molecule has 1 saturated heterocycles. The van der Waals surface area contributed by atoms with Crippen LogP contribution in [0.15, 0.2) is 66.0 Å². The quantitative estimate of drug-likeness (QED) is 0.577. The molecule has 1 aromatic carbocycles. The fourth-order valence-corrected chi connectivity index (χ4v) is 5.45. The van der Waals surface area contributed by atoms with Gasteiger partial charge >= 0.3 is 0 Å². The summed E-state index contributed by atoms with van der Waals surface area (Å²) in [6.07, 6.45) is 7.04. The zero-order chi connectivity index (χ0) is 19.1. The van der Waals surface area contributed by atoms with E-state index in [1.54, 1.807) is 28.7 Å². The second kappa shape index (κ2) is 6.68. The summed E-state index contributed by atoms with van der Waals surface area (Å²) < 4.78 is 27.8. The molecule has 0 aliphatic carbocycles. The molecular weight excluding hydrogens is 372 g/mol. The molecule has 3 aromatic heterocycles. The summed E-state index contributed by atoms with van der Waals surface area (Å²) in [6, 6.07) is 12.9. The standard InChI is InChI=1S/C21H20N4O2S/c26-28(27,18-3-4-19-16(12-18)2-1-8-22-19)25-10-6-15(7-11-25)20-13-21-17(14-24-20)5-9-23-21/h1-5,8-9,12-15,23H,6-7,10-11H2. The second-order valence-corrected chi connectivity index (χ2v) is 9.15. The van der Waals surface area contributed by atoms with Crippen molar-refractivity contribution in [1.82, 2.24) is 19.3 Å². The Kier molecular flexibility index (Phi) is 4.14. The third-order valence-corrected chi connectivity index (χ3v) is 7.44. The van der Waals surface area contributed by atoms with Gasteiger partial charge in [-0.1, -0.05) is 6.07 Å². The molecule has 0 bridgehead atoms. The number of benzene rings is 1. The Morgan fingerprint density at radius 2 is 1.86 bits per heavy atom. The lowest BCUT2D eigenvalue weighted by atomic mass is 9.94. The van der Waals surface area contributed by atoms with E-state index < -0.39 is 10.0 Å². The average Bonchev–Trinajstić information content (AvgIpc) is 3.21. The Hall–Kier alpha value is -2.77. The molecule has 7 heteroatoms. The number of aromatic nitrogens is 3. The number of nitrogens with zero attached hydrogens (tertiary/aromatic N) is 3. The van der Waals surface area contributed by atoms with Gasteiger partial charge in [0.2, 0.25) is 10.0 Å². The first-order valence-electron chi connectivity index (χ1n) is 9.39. The van der Waals surface area contributed by atoms with Crippen LogP contribution >= 0.6 is 0 Å². The predicted molar refractivity (Wildman–Crippen MR) is 109 cm³/mol. The summed E-state index contributed by atoms with van der Waals surface area (Å²) in [5.74, 6) is 0.278. The van der Waals surface area contributed by atoms with Crippen LogP contribution in [-0.4, -0.2) is 40.8 Å². The van der Waals surface area contributed by atoms with Gasteiger partial charge in [-0.15, -0.1) is 0 Å². The number of hydrogen-bond donors (Lipinski definition) is 1. The van der Waals surface area contributed by atoms with Crippen molar-refractivity contribution in [2.24, 2.45) is 0 Å². The molecule has 1 N–H and O–H groups in total. The van der Waals surface area contributed by atoms with E-state index in [4.69, 9.17) is 0 Å². The molecule has 6 nitrogen and oxygen atoms in total. The number of sulfonamides is 1. The normalized spacial score (nSPS) is 16.7. The van der Waals surface area contributed by atoms with E-state index in [1.165, 1.54) is 0 Å². The highest BCUT2D eigenvalue weighted by atomic mass is 32.2. The monoisotopic (exact) mass is 392 g/mol. The number of H-pyrrole nitrogens is 1. The minimum Gasteiger partial charge on any atom is -0.361 e. The van der Waals surface area contributed by atoms with Crippen molar-refractivity contribution in [2.45, 2.75) is 23.7 Å². The van der Waals surface area contributed by atoms with E-state index >= 15 is 0 Å². The van der Waals surface area contributed by atoms with Gasteiger partial charge < -0.3 is 4.98 Å². The Labute approximate surface area is 163 Å². The zero-order valence-electron chi connectivity index (χ0n) is 15.2. The van der Waals surface area contributed by atoms with Crippen LogP contribution < -0.4 is 0 Å². The molecule has 28 heavy (non-hydrogen) atoms. The van der Waals surface area contributed by atoms with Crippen LogP contribution in [0.3, 0.4) is 0 Å². The van der Waals surface area contributed by atoms with Gasteiger partial charge in [-0.3, -0.25) is 9.97 Å². The van der Waals surface area contributed by atoms with E-state index in [1.807, 2.05) is 30.6 Å². The Morgan fingerprint density at radius 3 is 2.71 bits per heavy atom.